The van der Waals surface area contributed by atoms with Gasteiger partial charge in [0.25, 0.3) is 19.7 Å². The molecule has 0 aliphatic carbocycles. The molecule has 0 aromatic heterocycles. The maximum Gasteiger partial charge on any atom is 0.499 e. The topological polar surface area (TPSA) is 68.3 Å². The predicted octanol–water partition coefficient (Wildman–Crippen LogP) is 4.62. The number of hydrogen-bond acceptors (Lipinski definition) is 4. The second-order valence-electron chi connectivity index (χ2n) is 5.71. The van der Waals surface area contributed by atoms with Crippen molar-refractivity contribution < 1.29 is 60.7 Å². The van der Waals surface area contributed by atoms with E-state index in [1.165, 1.54) is 6.92 Å². The quantitative estimate of drug-likeness (QED) is 0.452. The summed E-state index contributed by atoms with van der Waals surface area (Å²) in [6.45, 7) is 2.23. The van der Waals surface area contributed by atoms with Crippen LogP contribution in [-0.4, -0.2) is 27.9 Å². The first-order chi connectivity index (χ1) is 12.7. The lowest BCUT2D eigenvalue weighted by molar-refractivity contribution is -0.0473. The molecule has 168 valence electrons. The molecule has 16 heteroatoms. The van der Waals surface area contributed by atoms with Crippen LogP contribution in [0, 0.1) is 23.3 Å². The highest BCUT2D eigenvalue weighted by atomic mass is 32.3. The van der Waals surface area contributed by atoms with Gasteiger partial charge < -0.3 is 0 Å². The molecular weight excluding hydrogens is 474 g/mol. The molecule has 0 aliphatic rings. The van der Waals surface area contributed by atoms with Gasteiger partial charge in [-0.1, -0.05) is 13.8 Å². The summed E-state index contributed by atoms with van der Waals surface area (Å²) in [4.78, 5) is 0. The zero-order valence-corrected chi connectivity index (χ0v) is 15.7. The van der Waals surface area contributed by atoms with E-state index in [9.17, 15) is 60.7 Å². The van der Waals surface area contributed by atoms with Crippen molar-refractivity contribution >= 4 is 19.7 Å². The number of halogens is 10. The third kappa shape index (κ3) is 4.04. The first kappa shape index (κ1) is 25.5. The van der Waals surface area contributed by atoms with E-state index >= 15 is 0 Å². The minimum Gasteiger partial charge on any atom is -0.218 e. The van der Waals surface area contributed by atoms with E-state index in [4.69, 9.17) is 0 Å². The Morgan fingerprint density at radius 3 is 1.21 bits per heavy atom. The van der Waals surface area contributed by atoms with Crippen LogP contribution in [0.4, 0.5) is 43.9 Å². The molecule has 1 atom stereocenters. The molecule has 0 saturated carbocycles. The summed E-state index contributed by atoms with van der Waals surface area (Å²) < 4.78 is 174. The predicted molar refractivity (Wildman–Crippen MR) is 77.7 cm³/mol. The maximum atomic E-state index is 14.2. The van der Waals surface area contributed by atoms with Crippen molar-refractivity contribution in [2.75, 3.05) is 0 Å². The first-order valence-electron chi connectivity index (χ1n) is 7.21. The van der Waals surface area contributed by atoms with Crippen molar-refractivity contribution in [2.45, 2.75) is 41.8 Å². The fourth-order valence-electron chi connectivity index (χ4n) is 2.23. The van der Waals surface area contributed by atoms with Crippen molar-refractivity contribution in [3.8, 4) is 0 Å². The van der Waals surface area contributed by atoms with Crippen molar-refractivity contribution in [3.63, 3.8) is 0 Å². The molecule has 0 fully saturated rings. The zero-order chi connectivity index (χ0) is 23.3. The van der Waals surface area contributed by atoms with E-state index in [1.54, 1.807) is 0 Å². The van der Waals surface area contributed by atoms with E-state index < -0.39 is 75.6 Å². The summed E-state index contributed by atoms with van der Waals surface area (Å²) in [5.41, 5.74) is -18.1. The van der Waals surface area contributed by atoms with E-state index in [0.717, 1.165) is 6.92 Å². The molecule has 1 aromatic rings. The van der Waals surface area contributed by atoms with Crippen LogP contribution in [0.15, 0.2) is 0 Å². The minimum atomic E-state index is -7.57. The molecular formula is C13H10F10O4S2. The van der Waals surface area contributed by atoms with Gasteiger partial charge in [-0.2, -0.15) is 26.3 Å². The van der Waals surface area contributed by atoms with E-state index in [0.29, 0.717) is 0 Å². The maximum absolute atomic E-state index is 14.2. The van der Waals surface area contributed by atoms with Gasteiger partial charge in [-0.25, -0.2) is 34.4 Å². The van der Waals surface area contributed by atoms with Gasteiger partial charge in [0.2, 0.25) is 4.58 Å². The molecule has 1 rings (SSSR count). The first-order valence-corrected chi connectivity index (χ1v) is 10.3. The number of benzene rings is 1. The Hall–Kier alpha value is -1.58. The summed E-state index contributed by atoms with van der Waals surface area (Å²) in [5, 5.41) is 0. The summed E-state index contributed by atoms with van der Waals surface area (Å²) in [6.07, 6.45) is -0.211. The monoisotopic (exact) mass is 484 g/mol. The smallest absolute Gasteiger partial charge is 0.218 e. The lowest BCUT2D eigenvalue weighted by atomic mass is 9.95. The molecule has 0 heterocycles. The minimum absolute atomic E-state index is 0.211. The van der Waals surface area contributed by atoms with E-state index in [-0.39, 0.29) is 6.42 Å². The van der Waals surface area contributed by atoms with Gasteiger partial charge in [0.1, 0.15) is 0 Å². The van der Waals surface area contributed by atoms with Crippen molar-refractivity contribution in [1.29, 1.82) is 0 Å². The summed E-state index contributed by atoms with van der Waals surface area (Å²) in [7, 11) is -15.1. The highest BCUT2D eigenvalue weighted by Crippen LogP contribution is 2.47. The van der Waals surface area contributed by atoms with Crippen LogP contribution in [0.25, 0.3) is 0 Å². The normalized spacial score (nSPS) is 15.1. The second kappa shape index (κ2) is 7.59. The van der Waals surface area contributed by atoms with Gasteiger partial charge in [0.05, 0.1) is 5.56 Å². The highest BCUT2D eigenvalue weighted by Gasteiger charge is 2.65. The molecule has 0 bridgehead atoms. The number of hydrogen-bond donors (Lipinski definition) is 0. The lowest BCUT2D eigenvalue weighted by Gasteiger charge is -2.23. The van der Waals surface area contributed by atoms with Crippen LogP contribution in [0.3, 0.4) is 0 Å². The van der Waals surface area contributed by atoms with Gasteiger partial charge >= 0.3 is 11.0 Å². The number of sulfone groups is 2. The molecule has 1 aromatic carbocycles. The number of rotatable bonds is 5. The molecule has 0 N–H and O–H groups in total. The van der Waals surface area contributed by atoms with Crippen LogP contribution in [0.1, 0.15) is 41.9 Å². The van der Waals surface area contributed by atoms with E-state index in [2.05, 4.69) is 0 Å². The van der Waals surface area contributed by atoms with Gasteiger partial charge in [-0.05, 0) is 12.3 Å². The van der Waals surface area contributed by atoms with Crippen LogP contribution < -0.4 is 0 Å². The average Bonchev–Trinajstić information content (AvgIpc) is 2.54. The molecule has 1 unspecified atom stereocenters. The summed E-state index contributed by atoms with van der Waals surface area (Å²) in [5.74, 6) is -12.4. The lowest BCUT2D eigenvalue weighted by Crippen LogP contribution is -2.40. The highest BCUT2D eigenvalue weighted by molar-refractivity contribution is 8.09. The van der Waals surface area contributed by atoms with Crippen molar-refractivity contribution in [2.24, 2.45) is 0 Å². The molecule has 29 heavy (non-hydrogen) atoms. The molecule has 0 amide bonds. The Morgan fingerprint density at radius 1 is 0.690 bits per heavy atom. The van der Waals surface area contributed by atoms with Gasteiger partial charge in [-0.15, -0.1) is 0 Å². The van der Waals surface area contributed by atoms with Crippen LogP contribution >= 0.6 is 0 Å². The molecule has 0 aliphatic heterocycles. The average molecular weight is 484 g/mol. The van der Waals surface area contributed by atoms with Crippen LogP contribution in [0.5, 0.6) is 0 Å². The van der Waals surface area contributed by atoms with Crippen LogP contribution in [0.2, 0.25) is 0 Å². The standard InChI is InChI=1S/C13H10F10O4S2/c1-3-4(2)5-7(14)9(16)6(10(17)8(5)15)11(28(24,25)12(18,19)20)29(26,27)13(21,22)23/h4,11H,3H2,1-2H3. The molecule has 0 radical (unpaired) electrons. The Kier molecular flexibility index (Phi) is 6.66. The Balaban J connectivity index is 4.22. The molecule has 4 nitrogen and oxygen atoms in total. The van der Waals surface area contributed by atoms with Gasteiger partial charge in [0, 0.05) is 5.56 Å². The molecule has 0 spiro atoms. The Labute approximate surface area is 157 Å². The summed E-state index contributed by atoms with van der Waals surface area (Å²) in [6, 6.07) is 0. The third-order valence-corrected chi connectivity index (χ3v) is 8.29. The second-order valence-corrected chi connectivity index (χ2v) is 10.1. The Bertz CT molecular complexity index is 936. The van der Waals surface area contributed by atoms with Gasteiger partial charge in [0.15, 0.2) is 23.3 Å². The summed E-state index contributed by atoms with van der Waals surface area (Å²) >= 11 is 0. The van der Waals surface area contributed by atoms with E-state index in [1.807, 2.05) is 0 Å². The largest absolute Gasteiger partial charge is 0.499 e. The molecule has 0 saturated heterocycles. The fourth-order valence-corrected chi connectivity index (χ4v) is 5.74. The SMILES string of the molecule is CCC(C)c1c(F)c(F)c(C(S(=O)(=O)C(F)(F)F)S(=O)(=O)C(F)(F)F)c(F)c1F. The zero-order valence-electron chi connectivity index (χ0n) is 14.1. The van der Waals surface area contributed by atoms with Crippen molar-refractivity contribution in [1.82, 2.24) is 0 Å². The van der Waals surface area contributed by atoms with Gasteiger partial charge in [-0.3, -0.25) is 0 Å². The van der Waals surface area contributed by atoms with Crippen molar-refractivity contribution in [3.05, 3.63) is 34.4 Å². The fraction of sp³-hybridized carbons (Fsp3) is 0.538. The number of alkyl halides is 6. The van der Waals surface area contributed by atoms with Crippen LogP contribution in [-0.2, 0) is 19.7 Å². The third-order valence-electron chi connectivity index (χ3n) is 3.88. The Morgan fingerprint density at radius 2 is 0.966 bits per heavy atom.